The molecule has 0 radical (unpaired) electrons. The Morgan fingerprint density at radius 3 is 2.47 bits per heavy atom. The summed E-state index contributed by atoms with van der Waals surface area (Å²) in [5, 5.41) is 3.51. The van der Waals surface area contributed by atoms with Gasteiger partial charge in [0.2, 0.25) is 0 Å². The van der Waals surface area contributed by atoms with Crippen molar-refractivity contribution in [3.63, 3.8) is 0 Å². The highest BCUT2D eigenvalue weighted by atomic mass is 16.5. The first-order valence-corrected chi connectivity index (χ1v) is 7.50. The summed E-state index contributed by atoms with van der Waals surface area (Å²) < 4.78 is 6.01. The summed E-state index contributed by atoms with van der Waals surface area (Å²) in [4.78, 5) is 0. The number of hydrogen-bond donors (Lipinski definition) is 1. The van der Waals surface area contributed by atoms with Crippen LogP contribution in [-0.4, -0.2) is 19.3 Å². The number of hydrogen-bond acceptors (Lipinski definition) is 2. The summed E-state index contributed by atoms with van der Waals surface area (Å²) >= 11 is 0. The summed E-state index contributed by atoms with van der Waals surface area (Å²) in [5.74, 6) is 1.12. The molecule has 2 rings (SSSR count). The summed E-state index contributed by atoms with van der Waals surface area (Å²) in [6, 6.07) is 9.33. The highest BCUT2D eigenvalue weighted by molar-refractivity contribution is 5.27. The average molecular weight is 261 g/mol. The highest BCUT2D eigenvalue weighted by Crippen LogP contribution is 2.40. The number of benzene rings is 1. The van der Waals surface area contributed by atoms with Gasteiger partial charge in [0.15, 0.2) is 0 Å². The van der Waals surface area contributed by atoms with E-state index in [9.17, 15) is 0 Å². The second-order valence-electron chi connectivity index (χ2n) is 5.85. The molecule has 0 aliphatic carbocycles. The Morgan fingerprint density at radius 2 is 1.95 bits per heavy atom. The molecule has 0 amide bonds. The molecule has 0 bridgehead atoms. The molecule has 1 fully saturated rings. The van der Waals surface area contributed by atoms with Crippen LogP contribution < -0.4 is 5.32 Å². The largest absolute Gasteiger partial charge is 0.375 e. The standard InChI is InChI=1S/C17H27NO/c1-6-14-8-7-9-15(10-14)17(18-5)16-11(2)12(3)19-13(16)4/h7-13,16-18H,6H2,1-5H3. The van der Waals surface area contributed by atoms with Crippen LogP contribution in [0.5, 0.6) is 0 Å². The molecule has 0 aromatic heterocycles. The van der Waals surface area contributed by atoms with Crippen molar-refractivity contribution in [2.24, 2.45) is 11.8 Å². The summed E-state index contributed by atoms with van der Waals surface area (Å²) in [6.07, 6.45) is 1.75. The van der Waals surface area contributed by atoms with Gasteiger partial charge in [0, 0.05) is 12.0 Å². The predicted octanol–water partition coefficient (Wildman–Crippen LogP) is 3.57. The molecule has 2 nitrogen and oxygen atoms in total. The Morgan fingerprint density at radius 1 is 1.21 bits per heavy atom. The van der Waals surface area contributed by atoms with Crippen LogP contribution in [0, 0.1) is 11.8 Å². The average Bonchev–Trinajstić information content (AvgIpc) is 2.66. The third-order valence-corrected chi connectivity index (χ3v) is 4.73. The zero-order chi connectivity index (χ0) is 14.0. The van der Waals surface area contributed by atoms with Crippen LogP contribution in [-0.2, 0) is 11.2 Å². The molecule has 106 valence electrons. The van der Waals surface area contributed by atoms with Crippen LogP contribution >= 0.6 is 0 Å². The van der Waals surface area contributed by atoms with Gasteiger partial charge in [0.05, 0.1) is 12.2 Å². The fraction of sp³-hybridized carbons (Fsp3) is 0.647. The summed E-state index contributed by atoms with van der Waals surface area (Å²) in [6.45, 7) is 8.92. The maximum Gasteiger partial charge on any atom is 0.0600 e. The van der Waals surface area contributed by atoms with Crippen LogP contribution in [0.4, 0.5) is 0 Å². The molecule has 5 unspecified atom stereocenters. The lowest BCUT2D eigenvalue weighted by Gasteiger charge is -2.29. The van der Waals surface area contributed by atoms with Gasteiger partial charge in [-0.3, -0.25) is 0 Å². The van der Waals surface area contributed by atoms with Crippen molar-refractivity contribution in [1.82, 2.24) is 5.32 Å². The van der Waals surface area contributed by atoms with Gasteiger partial charge < -0.3 is 10.1 Å². The second kappa shape index (κ2) is 6.06. The molecule has 1 aliphatic heterocycles. The number of ether oxygens (including phenoxy) is 1. The van der Waals surface area contributed by atoms with E-state index in [1.54, 1.807) is 0 Å². The minimum absolute atomic E-state index is 0.313. The third-order valence-electron chi connectivity index (χ3n) is 4.73. The SMILES string of the molecule is CCc1cccc(C(NC)C2C(C)OC(C)C2C)c1. The Balaban J connectivity index is 2.28. The van der Waals surface area contributed by atoms with Crippen molar-refractivity contribution >= 4 is 0 Å². The van der Waals surface area contributed by atoms with Crippen molar-refractivity contribution in [3.8, 4) is 0 Å². The number of rotatable bonds is 4. The molecule has 1 heterocycles. The van der Waals surface area contributed by atoms with Crippen molar-refractivity contribution in [1.29, 1.82) is 0 Å². The van der Waals surface area contributed by atoms with E-state index in [-0.39, 0.29) is 0 Å². The van der Waals surface area contributed by atoms with E-state index < -0.39 is 0 Å². The van der Waals surface area contributed by atoms with Crippen molar-refractivity contribution in [2.75, 3.05) is 7.05 Å². The molecule has 1 aliphatic rings. The minimum atomic E-state index is 0.313. The molecule has 2 heteroatoms. The van der Waals surface area contributed by atoms with Gasteiger partial charge in [-0.15, -0.1) is 0 Å². The minimum Gasteiger partial charge on any atom is -0.375 e. The second-order valence-corrected chi connectivity index (χ2v) is 5.85. The fourth-order valence-corrected chi connectivity index (χ4v) is 3.46. The van der Waals surface area contributed by atoms with Gasteiger partial charge in [0.1, 0.15) is 0 Å². The Kier molecular flexibility index (Phi) is 4.64. The molecule has 19 heavy (non-hydrogen) atoms. The van der Waals surface area contributed by atoms with Gasteiger partial charge in [-0.1, -0.05) is 38.1 Å². The van der Waals surface area contributed by atoms with E-state index in [1.807, 2.05) is 0 Å². The molecule has 0 saturated carbocycles. The monoisotopic (exact) mass is 261 g/mol. The zero-order valence-corrected chi connectivity index (χ0v) is 12.8. The summed E-state index contributed by atoms with van der Waals surface area (Å²) in [7, 11) is 2.06. The molecule has 1 aromatic carbocycles. The maximum absolute atomic E-state index is 6.01. The zero-order valence-electron chi connectivity index (χ0n) is 12.8. The van der Waals surface area contributed by atoms with Crippen LogP contribution in [0.1, 0.15) is 44.9 Å². The van der Waals surface area contributed by atoms with E-state index in [0.717, 1.165) is 6.42 Å². The molecule has 1 N–H and O–H groups in total. The van der Waals surface area contributed by atoms with Crippen molar-refractivity contribution in [3.05, 3.63) is 35.4 Å². The van der Waals surface area contributed by atoms with E-state index >= 15 is 0 Å². The fourth-order valence-electron chi connectivity index (χ4n) is 3.46. The van der Waals surface area contributed by atoms with E-state index in [1.165, 1.54) is 11.1 Å². The number of nitrogens with one attached hydrogen (secondary N) is 1. The molecule has 0 spiro atoms. The van der Waals surface area contributed by atoms with Crippen LogP contribution in [0.25, 0.3) is 0 Å². The van der Waals surface area contributed by atoms with E-state index in [4.69, 9.17) is 4.74 Å². The Hall–Kier alpha value is -0.860. The van der Waals surface area contributed by atoms with Gasteiger partial charge in [-0.25, -0.2) is 0 Å². The van der Waals surface area contributed by atoms with Crippen LogP contribution in [0.2, 0.25) is 0 Å². The lowest BCUT2D eigenvalue weighted by Crippen LogP contribution is -2.33. The third kappa shape index (κ3) is 2.85. The number of aryl methyl sites for hydroxylation is 1. The molecule has 5 atom stereocenters. The van der Waals surface area contributed by atoms with Gasteiger partial charge in [-0.05, 0) is 44.4 Å². The molecule has 1 saturated heterocycles. The lowest BCUT2D eigenvalue weighted by atomic mass is 9.80. The summed E-state index contributed by atoms with van der Waals surface area (Å²) in [5.41, 5.74) is 2.80. The maximum atomic E-state index is 6.01. The highest BCUT2D eigenvalue weighted by Gasteiger charge is 2.41. The molecule has 1 aromatic rings. The lowest BCUT2D eigenvalue weighted by molar-refractivity contribution is 0.0478. The van der Waals surface area contributed by atoms with Gasteiger partial charge in [0.25, 0.3) is 0 Å². The van der Waals surface area contributed by atoms with Gasteiger partial charge >= 0.3 is 0 Å². The normalized spacial score (nSPS) is 32.5. The quantitative estimate of drug-likeness (QED) is 0.894. The first-order valence-electron chi connectivity index (χ1n) is 7.50. The van der Waals surface area contributed by atoms with E-state index in [0.29, 0.717) is 30.1 Å². The molecular weight excluding hydrogens is 234 g/mol. The van der Waals surface area contributed by atoms with Crippen LogP contribution in [0.15, 0.2) is 24.3 Å². The Bertz CT molecular complexity index is 417. The topological polar surface area (TPSA) is 21.3 Å². The van der Waals surface area contributed by atoms with Crippen molar-refractivity contribution < 1.29 is 4.74 Å². The first kappa shape index (κ1) is 14.5. The van der Waals surface area contributed by atoms with Crippen LogP contribution in [0.3, 0.4) is 0 Å². The molecular formula is C17H27NO. The van der Waals surface area contributed by atoms with E-state index in [2.05, 4.69) is 64.3 Å². The smallest absolute Gasteiger partial charge is 0.0600 e. The van der Waals surface area contributed by atoms with Crippen molar-refractivity contribution in [2.45, 2.75) is 52.4 Å². The van der Waals surface area contributed by atoms with Gasteiger partial charge in [-0.2, -0.15) is 0 Å². The Labute approximate surface area is 117 Å². The predicted molar refractivity (Wildman–Crippen MR) is 80.3 cm³/mol. The first-order chi connectivity index (χ1) is 9.08.